The number of benzene rings is 1. The Morgan fingerprint density at radius 2 is 1.28 bits per heavy atom. The van der Waals surface area contributed by atoms with Gasteiger partial charge < -0.3 is 14.0 Å². The van der Waals surface area contributed by atoms with Gasteiger partial charge in [0.25, 0.3) is 0 Å². The third kappa shape index (κ3) is 9.00. The predicted molar refractivity (Wildman–Crippen MR) is 110 cm³/mol. The molecule has 0 saturated heterocycles. The average Bonchev–Trinajstić information content (AvgIpc) is 2.60. The number of ether oxygens (including phenoxy) is 2. The summed E-state index contributed by atoms with van der Waals surface area (Å²) < 4.78 is 69.9. The molecule has 12 heteroatoms. The molecule has 0 bridgehead atoms. The summed E-state index contributed by atoms with van der Waals surface area (Å²) in [7, 11) is -3.78. The molecule has 0 N–H and O–H groups in total. The summed E-state index contributed by atoms with van der Waals surface area (Å²) in [4.78, 5) is 25.3. The normalized spacial score (nSPS) is 20.2. The van der Waals surface area contributed by atoms with Crippen LogP contribution in [0, 0.1) is 0 Å². The first-order chi connectivity index (χ1) is 14.2. The topological polar surface area (TPSA) is 52.6 Å². The van der Waals surface area contributed by atoms with Gasteiger partial charge in [-0.25, -0.2) is 9.59 Å². The Hall–Kier alpha value is -2.39. The quantitative estimate of drug-likeness (QED) is 0.218. The van der Waals surface area contributed by atoms with Crippen LogP contribution in [0.5, 0.6) is 0 Å². The Labute approximate surface area is 182 Å². The zero-order valence-electron chi connectivity index (χ0n) is 18.5. The van der Waals surface area contributed by atoms with Gasteiger partial charge in [0.2, 0.25) is 0 Å². The number of nitrogens with zero attached hydrogens (tertiary/aromatic N) is 1. The van der Waals surface area contributed by atoms with Crippen LogP contribution < -0.4 is 0 Å². The molecule has 1 aromatic rings. The number of likely N-dealkylation sites (N-methyl/N-ethyl adjacent to an activating group) is 1. The van der Waals surface area contributed by atoms with Crippen molar-refractivity contribution in [3.63, 3.8) is 0 Å². The molecule has 0 saturated carbocycles. The van der Waals surface area contributed by atoms with Crippen LogP contribution >= 0.6 is 7.81 Å². The molecule has 0 amide bonds. The number of esters is 2. The monoisotopic (exact) mass is 489 g/mol. The third-order valence-electron chi connectivity index (χ3n) is 4.41. The summed E-state index contributed by atoms with van der Waals surface area (Å²) in [6.45, 7) is 5.24. The van der Waals surface area contributed by atoms with Gasteiger partial charge in [-0.1, -0.05) is 29.8 Å². The first-order valence-corrected chi connectivity index (χ1v) is 11.2. The van der Waals surface area contributed by atoms with Gasteiger partial charge in [-0.05, 0) is 19.4 Å². The molecule has 0 atom stereocenters. The van der Waals surface area contributed by atoms with E-state index in [0.29, 0.717) is 16.6 Å². The first kappa shape index (κ1) is 27.6. The van der Waals surface area contributed by atoms with Gasteiger partial charge >= 0.3 is 44.9 Å². The van der Waals surface area contributed by atoms with Crippen LogP contribution in [0.2, 0.25) is 0 Å². The van der Waals surface area contributed by atoms with E-state index in [0.717, 1.165) is 28.8 Å². The molecule has 0 aliphatic carbocycles. The van der Waals surface area contributed by atoms with Crippen molar-refractivity contribution in [2.45, 2.75) is 20.4 Å². The third-order valence-corrected chi connectivity index (χ3v) is 4.41. The van der Waals surface area contributed by atoms with Crippen LogP contribution in [0.25, 0.3) is 5.57 Å². The number of rotatable bonds is 2. The van der Waals surface area contributed by atoms with E-state index < -0.39 is 19.7 Å². The van der Waals surface area contributed by atoms with E-state index in [1.54, 1.807) is 0 Å². The Morgan fingerprint density at radius 1 is 0.844 bits per heavy atom. The summed E-state index contributed by atoms with van der Waals surface area (Å²) in [6.07, 6.45) is 0. The molecular formula is C20H26F6NO4P. The van der Waals surface area contributed by atoms with Crippen molar-refractivity contribution in [2.24, 2.45) is 0 Å². The molecule has 0 fully saturated rings. The van der Waals surface area contributed by atoms with Crippen molar-refractivity contribution in [2.75, 3.05) is 34.9 Å². The maximum atomic E-state index is 12.7. The molecule has 182 valence electrons. The maximum absolute atomic E-state index is 12.7. The van der Waals surface area contributed by atoms with Crippen LogP contribution in [-0.4, -0.2) is 51.3 Å². The zero-order valence-corrected chi connectivity index (χ0v) is 19.4. The molecular weight excluding hydrogens is 463 g/mol. The van der Waals surface area contributed by atoms with Crippen molar-refractivity contribution in [1.29, 1.82) is 0 Å². The van der Waals surface area contributed by atoms with Crippen LogP contribution in [0.1, 0.15) is 25.0 Å². The van der Waals surface area contributed by atoms with Gasteiger partial charge in [-0.2, -0.15) is 0 Å². The molecule has 0 spiro atoms. The SMILES string of the molecule is COC(=O)/C1=C(\C(=O)OC)c2ccccc2C[N+](C)(C)CC1=C(C)C.F[P-](F)(F)(F)(F)F. The molecule has 0 aromatic heterocycles. The van der Waals surface area contributed by atoms with Crippen molar-refractivity contribution >= 4 is 25.3 Å². The Kier molecular flexibility index (Phi) is 7.36. The molecule has 2 rings (SSSR count). The fraction of sp³-hybridized carbons (Fsp3) is 0.400. The van der Waals surface area contributed by atoms with Gasteiger partial charge in [0, 0.05) is 11.1 Å². The Bertz CT molecular complexity index is 966. The van der Waals surface area contributed by atoms with Crippen LogP contribution in [-0.2, 0) is 25.6 Å². The minimum atomic E-state index is -10.7. The van der Waals surface area contributed by atoms with Crippen LogP contribution in [0.15, 0.2) is 41.0 Å². The van der Waals surface area contributed by atoms with Crippen molar-refractivity contribution in [3.8, 4) is 0 Å². The number of carbonyl (C=O) groups is 2. The van der Waals surface area contributed by atoms with Gasteiger partial charge in [-0.3, -0.25) is 0 Å². The number of fused-ring (bicyclic) bond motifs is 1. The number of carbonyl (C=O) groups excluding carboxylic acids is 2. The second-order valence-electron chi connectivity index (χ2n) is 8.08. The summed E-state index contributed by atoms with van der Waals surface area (Å²) in [6, 6.07) is 7.65. The molecule has 0 unspecified atom stereocenters. The molecule has 1 heterocycles. The second kappa shape index (κ2) is 8.51. The van der Waals surface area contributed by atoms with Gasteiger partial charge in [0.1, 0.15) is 13.1 Å². The number of hydrogen-bond donors (Lipinski definition) is 0. The predicted octanol–water partition coefficient (Wildman–Crippen LogP) is 6.10. The van der Waals surface area contributed by atoms with E-state index in [1.165, 1.54) is 14.2 Å². The van der Waals surface area contributed by atoms with Crippen LogP contribution in [0.4, 0.5) is 25.2 Å². The fourth-order valence-electron chi connectivity index (χ4n) is 3.26. The molecule has 5 nitrogen and oxygen atoms in total. The summed E-state index contributed by atoms with van der Waals surface area (Å²) in [5.74, 6) is -1.05. The van der Waals surface area contributed by atoms with Crippen molar-refractivity contribution < 1.29 is 48.7 Å². The number of allylic oxidation sites excluding steroid dienone is 1. The summed E-state index contributed by atoms with van der Waals surface area (Å²) in [5.41, 5.74) is 4.11. The second-order valence-corrected chi connectivity index (χ2v) is 10.00. The minimum absolute atomic E-state index is 0.279. The van der Waals surface area contributed by atoms with E-state index in [2.05, 4.69) is 14.1 Å². The average molecular weight is 489 g/mol. The van der Waals surface area contributed by atoms with Gasteiger partial charge in [0.15, 0.2) is 0 Å². The van der Waals surface area contributed by atoms with E-state index in [4.69, 9.17) is 9.47 Å². The zero-order chi connectivity index (χ0) is 25.2. The fourth-order valence-corrected chi connectivity index (χ4v) is 3.26. The standard InChI is InChI=1S/C20H26NO4.F6P/c1-13(2)16-12-21(3,4)11-14-9-7-8-10-15(14)17(19(22)24-5)18(16)20(23)25-6;1-7(2,3,4,5)6/h7-10H,11-12H2,1-6H3;/q+1;-1/b18-17-;. The number of quaternary nitrogens is 1. The molecule has 1 aromatic carbocycles. The van der Waals surface area contributed by atoms with Crippen molar-refractivity contribution in [1.82, 2.24) is 0 Å². The first-order valence-electron chi connectivity index (χ1n) is 9.21. The van der Waals surface area contributed by atoms with E-state index in [1.807, 2.05) is 38.1 Å². The molecule has 1 aliphatic heterocycles. The van der Waals surface area contributed by atoms with E-state index in [9.17, 15) is 34.8 Å². The number of hydrogen-bond acceptors (Lipinski definition) is 4. The van der Waals surface area contributed by atoms with Gasteiger partial charge in [-0.15, -0.1) is 0 Å². The van der Waals surface area contributed by atoms with Crippen LogP contribution in [0.3, 0.4) is 0 Å². The van der Waals surface area contributed by atoms with E-state index in [-0.39, 0.29) is 5.57 Å². The molecule has 1 aliphatic rings. The summed E-state index contributed by atoms with van der Waals surface area (Å²) >= 11 is 0. The van der Waals surface area contributed by atoms with Crippen molar-refractivity contribution in [3.05, 3.63) is 52.1 Å². The number of methoxy groups -OCH3 is 2. The Balaban J connectivity index is 0.000000633. The molecule has 0 radical (unpaired) electrons. The number of halogens is 6. The Morgan fingerprint density at radius 3 is 1.72 bits per heavy atom. The molecule has 32 heavy (non-hydrogen) atoms. The summed E-state index contributed by atoms with van der Waals surface area (Å²) in [5, 5.41) is 0. The van der Waals surface area contributed by atoms with E-state index >= 15 is 0 Å². The van der Waals surface area contributed by atoms with Gasteiger partial charge in [0.05, 0.1) is 39.5 Å².